The average molecular weight is 292 g/mol. The molecule has 104 valence electrons. The van der Waals surface area contributed by atoms with Crippen molar-refractivity contribution in [2.75, 3.05) is 5.32 Å². The number of carbonyl (C=O) groups excluding carboxylic acids is 1. The van der Waals surface area contributed by atoms with Gasteiger partial charge >= 0.3 is 0 Å². The van der Waals surface area contributed by atoms with Gasteiger partial charge in [0.05, 0.1) is 24.2 Å². The van der Waals surface area contributed by atoms with Crippen LogP contribution in [-0.4, -0.2) is 27.0 Å². The molecule has 2 aromatic rings. The lowest BCUT2D eigenvalue weighted by Crippen LogP contribution is -2.38. The Balaban J connectivity index is 1.93. The number of halogens is 1. The number of nitrogens with zero attached hydrogens (tertiary/aromatic N) is 3. The molecule has 0 saturated carbocycles. The maximum Gasteiger partial charge on any atom is 0.271 e. The third-order valence-electron chi connectivity index (χ3n) is 2.50. The van der Waals surface area contributed by atoms with Crippen LogP contribution in [-0.2, 0) is 0 Å². The molecular weight excluding hydrogens is 278 g/mol. The molecule has 6 nitrogen and oxygen atoms in total. The minimum Gasteiger partial charge on any atom is -0.363 e. The fourth-order valence-corrected chi connectivity index (χ4v) is 1.64. The molecular formula is C13H14ClN5O. The van der Waals surface area contributed by atoms with Gasteiger partial charge in [-0.1, -0.05) is 6.07 Å². The highest BCUT2D eigenvalue weighted by molar-refractivity contribution is 6.28. The Bertz CT molecular complexity index is 585. The number of aromatic nitrogens is 3. The normalized spacial score (nSPS) is 11.8. The predicted molar refractivity (Wildman–Crippen MR) is 76.6 cm³/mol. The molecule has 0 bridgehead atoms. The van der Waals surface area contributed by atoms with Gasteiger partial charge in [0, 0.05) is 6.20 Å². The molecule has 2 rings (SSSR count). The number of pyridine rings is 1. The first-order chi connectivity index (χ1) is 9.54. The van der Waals surface area contributed by atoms with Crippen molar-refractivity contribution in [1.82, 2.24) is 20.3 Å². The van der Waals surface area contributed by atoms with Gasteiger partial charge in [0.1, 0.15) is 5.69 Å². The van der Waals surface area contributed by atoms with Gasteiger partial charge in [0.15, 0.2) is 0 Å². The Morgan fingerprint density at radius 3 is 2.50 bits per heavy atom. The summed E-state index contributed by atoms with van der Waals surface area (Å²) in [4.78, 5) is 23.7. The Labute approximate surface area is 121 Å². The Morgan fingerprint density at radius 1 is 1.20 bits per heavy atom. The molecule has 0 aromatic carbocycles. The number of amides is 1. The largest absolute Gasteiger partial charge is 0.363 e. The summed E-state index contributed by atoms with van der Waals surface area (Å²) in [5.74, 6) is -0.250. The summed E-state index contributed by atoms with van der Waals surface area (Å²) in [6, 6.07) is 3.52. The minimum absolute atomic E-state index is 0.177. The molecule has 0 saturated heterocycles. The van der Waals surface area contributed by atoms with Gasteiger partial charge in [-0.2, -0.15) is 0 Å². The zero-order valence-electron chi connectivity index (χ0n) is 11.1. The van der Waals surface area contributed by atoms with Crippen molar-refractivity contribution in [1.29, 1.82) is 0 Å². The molecule has 0 aliphatic carbocycles. The molecule has 0 aliphatic rings. The lowest BCUT2D eigenvalue weighted by Gasteiger charge is -2.16. The fourth-order valence-electron chi connectivity index (χ4n) is 1.55. The van der Waals surface area contributed by atoms with Gasteiger partial charge in [-0.05, 0) is 37.1 Å². The van der Waals surface area contributed by atoms with Gasteiger partial charge in [-0.3, -0.25) is 9.78 Å². The molecule has 0 aliphatic heterocycles. The van der Waals surface area contributed by atoms with Crippen LogP contribution in [0.5, 0.6) is 0 Å². The van der Waals surface area contributed by atoms with Crippen LogP contribution >= 0.6 is 11.6 Å². The summed E-state index contributed by atoms with van der Waals surface area (Å²) in [5, 5.41) is 5.99. The summed E-state index contributed by atoms with van der Waals surface area (Å²) in [5.41, 5.74) is 2.04. The van der Waals surface area contributed by atoms with Gasteiger partial charge in [0.25, 0.3) is 5.91 Å². The minimum atomic E-state index is -0.296. The fraction of sp³-hybridized carbons (Fsp3) is 0.231. The highest BCUT2D eigenvalue weighted by atomic mass is 35.5. The van der Waals surface area contributed by atoms with Gasteiger partial charge in [-0.25, -0.2) is 9.97 Å². The lowest BCUT2D eigenvalue weighted by atomic mass is 10.2. The van der Waals surface area contributed by atoms with E-state index in [9.17, 15) is 4.79 Å². The Hall–Kier alpha value is -2.21. The van der Waals surface area contributed by atoms with Crippen LogP contribution < -0.4 is 10.6 Å². The van der Waals surface area contributed by atoms with Crippen LogP contribution in [0.4, 0.5) is 5.69 Å². The zero-order chi connectivity index (χ0) is 14.5. The van der Waals surface area contributed by atoms with Crippen molar-refractivity contribution in [3.8, 4) is 0 Å². The number of anilines is 1. The number of rotatable bonds is 4. The summed E-state index contributed by atoms with van der Waals surface area (Å²) >= 11 is 5.60. The van der Waals surface area contributed by atoms with Crippen molar-refractivity contribution in [2.24, 2.45) is 0 Å². The van der Waals surface area contributed by atoms with E-state index in [1.54, 1.807) is 31.6 Å². The van der Waals surface area contributed by atoms with Crippen molar-refractivity contribution in [3.63, 3.8) is 0 Å². The number of hydrogen-bond acceptors (Lipinski definition) is 5. The van der Waals surface area contributed by atoms with Crippen molar-refractivity contribution in [2.45, 2.75) is 20.0 Å². The van der Waals surface area contributed by atoms with E-state index in [-0.39, 0.29) is 17.4 Å². The molecule has 0 radical (unpaired) electrons. The third kappa shape index (κ3) is 3.89. The number of aryl methyl sites for hydroxylation is 1. The highest BCUT2D eigenvalue weighted by Crippen LogP contribution is 2.07. The van der Waals surface area contributed by atoms with Crippen LogP contribution in [0.1, 0.15) is 23.0 Å². The van der Waals surface area contributed by atoms with Crippen LogP contribution in [0, 0.1) is 6.92 Å². The molecule has 0 fully saturated rings. The lowest BCUT2D eigenvalue weighted by molar-refractivity contribution is 0.0939. The van der Waals surface area contributed by atoms with E-state index in [2.05, 4.69) is 25.6 Å². The van der Waals surface area contributed by atoms with Crippen molar-refractivity contribution >= 4 is 23.2 Å². The number of hydrogen-bond donors (Lipinski definition) is 2. The van der Waals surface area contributed by atoms with E-state index in [0.29, 0.717) is 11.4 Å². The highest BCUT2D eigenvalue weighted by Gasteiger charge is 2.10. The summed E-state index contributed by atoms with van der Waals surface area (Å²) in [7, 11) is 0. The van der Waals surface area contributed by atoms with E-state index in [0.717, 1.165) is 5.56 Å². The molecule has 1 unspecified atom stereocenters. The van der Waals surface area contributed by atoms with Crippen LogP contribution in [0.15, 0.2) is 30.7 Å². The average Bonchev–Trinajstić information content (AvgIpc) is 2.42. The first-order valence-corrected chi connectivity index (χ1v) is 6.40. The second-order valence-electron chi connectivity index (χ2n) is 4.30. The van der Waals surface area contributed by atoms with Gasteiger partial charge in [-0.15, -0.1) is 0 Å². The second-order valence-corrected chi connectivity index (χ2v) is 4.64. The second kappa shape index (κ2) is 6.29. The van der Waals surface area contributed by atoms with Gasteiger partial charge in [0.2, 0.25) is 5.28 Å². The molecule has 2 N–H and O–H groups in total. The molecule has 1 atom stereocenters. The SMILES string of the molecule is Cc1ccc(C(=O)NC(C)Nc2cnc(Cl)nc2)nc1. The summed E-state index contributed by atoms with van der Waals surface area (Å²) in [6.45, 7) is 3.72. The molecule has 0 spiro atoms. The Morgan fingerprint density at radius 2 is 1.90 bits per heavy atom. The van der Waals surface area contributed by atoms with Gasteiger partial charge < -0.3 is 10.6 Å². The molecule has 2 heterocycles. The van der Waals surface area contributed by atoms with Crippen molar-refractivity contribution < 1.29 is 4.79 Å². The Kier molecular flexibility index (Phi) is 4.47. The van der Waals surface area contributed by atoms with Crippen LogP contribution in [0.3, 0.4) is 0 Å². The first kappa shape index (κ1) is 14.2. The van der Waals surface area contributed by atoms with Crippen LogP contribution in [0.2, 0.25) is 5.28 Å². The van der Waals surface area contributed by atoms with Crippen LogP contribution in [0.25, 0.3) is 0 Å². The van der Waals surface area contributed by atoms with E-state index >= 15 is 0 Å². The van der Waals surface area contributed by atoms with E-state index in [4.69, 9.17) is 11.6 Å². The standard InChI is InChI=1S/C13H14ClN5O/c1-8-3-4-11(15-5-8)12(20)19-9(2)18-10-6-16-13(14)17-7-10/h3-7,9,18H,1-2H3,(H,19,20). The van der Waals surface area contributed by atoms with Crippen molar-refractivity contribution in [3.05, 3.63) is 47.3 Å². The number of nitrogens with one attached hydrogen (secondary N) is 2. The monoisotopic (exact) mass is 291 g/mol. The van der Waals surface area contributed by atoms with E-state index < -0.39 is 0 Å². The topological polar surface area (TPSA) is 79.8 Å². The molecule has 20 heavy (non-hydrogen) atoms. The maximum atomic E-state index is 11.9. The smallest absolute Gasteiger partial charge is 0.271 e. The summed E-state index contributed by atoms with van der Waals surface area (Å²) < 4.78 is 0. The predicted octanol–water partition coefficient (Wildman–Crippen LogP) is 2.02. The van der Waals surface area contributed by atoms with E-state index in [1.807, 2.05) is 13.0 Å². The van der Waals surface area contributed by atoms with E-state index in [1.165, 1.54) is 0 Å². The molecule has 7 heteroatoms. The molecule has 1 amide bonds. The maximum absolute atomic E-state index is 11.9. The summed E-state index contributed by atoms with van der Waals surface area (Å²) in [6.07, 6.45) is 4.44. The third-order valence-corrected chi connectivity index (χ3v) is 2.69. The molecule has 2 aromatic heterocycles. The quantitative estimate of drug-likeness (QED) is 0.665. The first-order valence-electron chi connectivity index (χ1n) is 6.02. The zero-order valence-corrected chi connectivity index (χ0v) is 11.8. The number of carbonyl (C=O) groups is 1.